The molecule has 0 radical (unpaired) electrons. The number of carbonyl (C=O) groups is 1. The Morgan fingerprint density at radius 3 is 2.76 bits per heavy atom. The highest BCUT2D eigenvalue weighted by Crippen LogP contribution is 2.33. The van der Waals surface area contributed by atoms with E-state index in [4.69, 9.17) is 4.74 Å². The minimum atomic E-state index is -0.481. The lowest BCUT2D eigenvalue weighted by Crippen LogP contribution is -1.98. The number of hydrogen-bond acceptors (Lipinski definition) is 4. The molecule has 0 amide bonds. The molecule has 0 saturated carbocycles. The first-order valence-corrected chi connectivity index (χ1v) is 6.82. The summed E-state index contributed by atoms with van der Waals surface area (Å²) >= 11 is 3.30. The number of nitrogens with zero attached hydrogens (tertiary/aromatic N) is 1. The number of nitro groups is 1. The molecular formula is C15H8BrNO4. The van der Waals surface area contributed by atoms with Crippen LogP contribution in [-0.2, 0) is 0 Å². The van der Waals surface area contributed by atoms with Crippen LogP contribution in [0, 0.1) is 10.1 Å². The number of non-ortho nitro benzene ring substituents is 1. The van der Waals surface area contributed by atoms with Gasteiger partial charge in [0, 0.05) is 16.6 Å². The summed E-state index contributed by atoms with van der Waals surface area (Å²) < 4.78 is 6.29. The van der Waals surface area contributed by atoms with Crippen molar-refractivity contribution in [3.05, 3.63) is 73.9 Å². The van der Waals surface area contributed by atoms with Crippen molar-refractivity contribution in [2.24, 2.45) is 0 Å². The maximum atomic E-state index is 12.2. The number of rotatable bonds is 2. The number of ether oxygens (including phenoxy) is 1. The minimum Gasteiger partial charge on any atom is -0.452 e. The van der Waals surface area contributed by atoms with Crippen LogP contribution in [0.1, 0.15) is 15.9 Å². The summed E-state index contributed by atoms with van der Waals surface area (Å²) in [4.78, 5) is 22.5. The lowest BCUT2D eigenvalue weighted by Gasteiger charge is -1.98. The minimum absolute atomic E-state index is 0.0324. The fraction of sp³-hybridized carbons (Fsp3) is 0. The second kappa shape index (κ2) is 5.14. The monoisotopic (exact) mass is 345 g/mol. The molecule has 21 heavy (non-hydrogen) atoms. The van der Waals surface area contributed by atoms with Gasteiger partial charge in [0.05, 0.1) is 10.5 Å². The molecule has 0 unspecified atom stereocenters. The van der Waals surface area contributed by atoms with Gasteiger partial charge in [-0.05, 0) is 29.8 Å². The highest BCUT2D eigenvalue weighted by molar-refractivity contribution is 9.10. The normalized spacial score (nSPS) is 14.9. The van der Waals surface area contributed by atoms with Crippen molar-refractivity contribution < 1.29 is 14.5 Å². The topological polar surface area (TPSA) is 69.4 Å². The van der Waals surface area contributed by atoms with Crippen LogP contribution in [0.15, 0.2) is 52.7 Å². The molecule has 5 nitrogen and oxygen atoms in total. The Balaban J connectivity index is 1.98. The standard InChI is InChI=1S/C15H8BrNO4/c16-10-4-5-13-12(8-10)15(18)14(21-13)7-9-2-1-3-11(6-9)17(19)20/h1-8H/b14-7-. The third kappa shape index (κ3) is 2.57. The van der Waals surface area contributed by atoms with Gasteiger partial charge in [0.15, 0.2) is 5.76 Å². The molecule has 0 N–H and O–H groups in total. The van der Waals surface area contributed by atoms with Gasteiger partial charge in [0.25, 0.3) is 5.69 Å². The Bertz CT molecular complexity index is 798. The fourth-order valence-corrected chi connectivity index (χ4v) is 2.40. The van der Waals surface area contributed by atoms with Crippen molar-refractivity contribution in [2.75, 3.05) is 0 Å². The zero-order valence-electron chi connectivity index (χ0n) is 10.6. The average molecular weight is 346 g/mol. The van der Waals surface area contributed by atoms with Crippen molar-refractivity contribution >= 4 is 33.5 Å². The molecule has 0 fully saturated rings. The van der Waals surface area contributed by atoms with Gasteiger partial charge in [-0.2, -0.15) is 0 Å². The van der Waals surface area contributed by atoms with E-state index in [1.165, 1.54) is 18.2 Å². The Kier molecular flexibility index (Phi) is 3.31. The Morgan fingerprint density at radius 1 is 1.19 bits per heavy atom. The van der Waals surface area contributed by atoms with E-state index in [0.29, 0.717) is 16.9 Å². The van der Waals surface area contributed by atoms with Gasteiger partial charge < -0.3 is 4.74 Å². The second-order valence-corrected chi connectivity index (χ2v) is 5.35. The van der Waals surface area contributed by atoms with Gasteiger partial charge in [-0.3, -0.25) is 14.9 Å². The van der Waals surface area contributed by atoms with Crippen molar-refractivity contribution in [1.29, 1.82) is 0 Å². The zero-order valence-corrected chi connectivity index (χ0v) is 12.2. The van der Waals surface area contributed by atoms with Gasteiger partial charge >= 0.3 is 0 Å². The maximum Gasteiger partial charge on any atom is 0.270 e. The van der Waals surface area contributed by atoms with Crippen LogP contribution < -0.4 is 4.74 Å². The third-order valence-electron chi connectivity index (χ3n) is 3.01. The van der Waals surface area contributed by atoms with Crippen LogP contribution >= 0.6 is 15.9 Å². The number of allylic oxidation sites excluding steroid dienone is 1. The third-order valence-corrected chi connectivity index (χ3v) is 3.50. The number of benzene rings is 2. The number of hydrogen-bond donors (Lipinski definition) is 0. The quantitative estimate of drug-likeness (QED) is 0.469. The highest BCUT2D eigenvalue weighted by Gasteiger charge is 2.27. The fourth-order valence-electron chi connectivity index (χ4n) is 2.04. The molecule has 1 heterocycles. The van der Waals surface area contributed by atoms with Crippen LogP contribution in [0.3, 0.4) is 0 Å². The van der Waals surface area contributed by atoms with E-state index in [1.807, 2.05) is 0 Å². The number of nitro benzene ring substituents is 1. The summed E-state index contributed by atoms with van der Waals surface area (Å²) in [6.07, 6.45) is 1.50. The summed E-state index contributed by atoms with van der Waals surface area (Å²) in [7, 11) is 0. The molecule has 1 aliphatic heterocycles. The number of Topliss-reactive ketones (excluding diaryl/α,β-unsaturated/α-hetero) is 1. The summed E-state index contributed by atoms with van der Waals surface area (Å²) in [5.41, 5.74) is 0.982. The molecule has 6 heteroatoms. The second-order valence-electron chi connectivity index (χ2n) is 4.43. The van der Waals surface area contributed by atoms with E-state index in [-0.39, 0.29) is 17.2 Å². The first-order valence-electron chi connectivity index (χ1n) is 6.03. The zero-order chi connectivity index (χ0) is 15.0. The van der Waals surface area contributed by atoms with E-state index < -0.39 is 4.92 Å². The van der Waals surface area contributed by atoms with Gasteiger partial charge in [-0.25, -0.2) is 0 Å². The van der Waals surface area contributed by atoms with Crippen molar-refractivity contribution in [3.63, 3.8) is 0 Å². The van der Waals surface area contributed by atoms with Crippen LogP contribution in [0.25, 0.3) is 6.08 Å². The summed E-state index contributed by atoms with van der Waals surface area (Å²) in [5, 5.41) is 10.8. The van der Waals surface area contributed by atoms with Gasteiger partial charge in [0.2, 0.25) is 5.78 Å². The highest BCUT2D eigenvalue weighted by atomic mass is 79.9. The first kappa shape index (κ1) is 13.5. The van der Waals surface area contributed by atoms with Crippen LogP contribution in [0.4, 0.5) is 5.69 Å². The van der Waals surface area contributed by atoms with E-state index in [2.05, 4.69) is 15.9 Å². The predicted octanol–water partition coefficient (Wildman–Crippen LogP) is 3.97. The van der Waals surface area contributed by atoms with Gasteiger partial charge in [-0.1, -0.05) is 28.1 Å². The molecule has 0 saturated heterocycles. The summed E-state index contributed by atoms with van der Waals surface area (Å²) in [6.45, 7) is 0. The predicted molar refractivity (Wildman–Crippen MR) is 80.2 cm³/mol. The van der Waals surface area contributed by atoms with E-state index in [1.54, 1.807) is 30.3 Å². The molecular weight excluding hydrogens is 338 g/mol. The Hall–Kier alpha value is -2.47. The molecule has 3 rings (SSSR count). The summed E-state index contributed by atoms with van der Waals surface area (Å²) in [5.74, 6) is 0.404. The molecule has 2 aromatic carbocycles. The van der Waals surface area contributed by atoms with Crippen LogP contribution in [-0.4, -0.2) is 10.7 Å². The molecule has 0 aliphatic carbocycles. The summed E-state index contributed by atoms with van der Waals surface area (Å²) in [6, 6.07) is 11.2. The van der Waals surface area contributed by atoms with E-state index in [0.717, 1.165) is 4.47 Å². The first-order chi connectivity index (χ1) is 10.0. The van der Waals surface area contributed by atoms with Crippen molar-refractivity contribution in [2.45, 2.75) is 0 Å². The molecule has 2 aromatic rings. The molecule has 0 spiro atoms. The molecule has 0 aromatic heterocycles. The maximum absolute atomic E-state index is 12.2. The molecule has 0 bridgehead atoms. The largest absolute Gasteiger partial charge is 0.452 e. The van der Waals surface area contributed by atoms with Crippen LogP contribution in [0.5, 0.6) is 5.75 Å². The lowest BCUT2D eigenvalue weighted by molar-refractivity contribution is -0.384. The molecule has 104 valence electrons. The lowest BCUT2D eigenvalue weighted by atomic mass is 10.1. The Morgan fingerprint density at radius 2 is 2.00 bits per heavy atom. The number of halogens is 1. The van der Waals surface area contributed by atoms with E-state index >= 15 is 0 Å². The number of fused-ring (bicyclic) bond motifs is 1. The number of carbonyl (C=O) groups excluding carboxylic acids is 1. The SMILES string of the molecule is O=C1/C(=C/c2cccc([N+](=O)[O-])c2)Oc2ccc(Br)cc21. The Labute approximate surface area is 128 Å². The average Bonchev–Trinajstić information content (AvgIpc) is 2.76. The smallest absolute Gasteiger partial charge is 0.270 e. The molecule has 0 atom stereocenters. The van der Waals surface area contributed by atoms with Crippen LogP contribution in [0.2, 0.25) is 0 Å². The van der Waals surface area contributed by atoms with E-state index in [9.17, 15) is 14.9 Å². The van der Waals surface area contributed by atoms with Gasteiger partial charge in [-0.15, -0.1) is 0 Å². The number of ketones is 1. The van der Waals surface area contributed by atoms with Gasteiger partial charge in [0.1, 0.15) is 5.75 Å². The van der Waals surface area contributed by atoms with Crippen molar-refractivity contribution in [3.8, 4) is 5.75 Å². The molecule has 1 aliphatic rings. The van der Waals surface area contributed by atoms with Crippen molar-refractivity contribution in [1.82, 2.24) is 0 Å².